The summed E-state index contributed by atoms with van der Waals surface area (Å²) in [6, 6.07) is 0.567. The van der Waals surface area contributed by atoms with Crippen molar-refractivity contribution in [1.29, 1.82) is 0 Å². The van der Waals surface area contributed by atoms with E-state index in [-0.39, 0.29) is 11.0 Å². The number of likely N-dealkylation sites (N-methyl/N-ethyl adjacent to an activating group) is 1. The Kier molecular flexibility index (Phi) is 2.37. The van der Waals surface area contributed by atoms with Gasteiger partial charge >= 0.3 is 0 Å². The maximum Gasteiger partial charge on any atom is 0.0823 e. The predicted octanol–water partition coefficient (Wildman–Crippen LogP) is 0.868. The number of hydrogen-bond acceptors (Lipinski definition) is 3. The van der Waals surface area contributed by atoms with Crippen LogP contribution in [0.25, 0.3) is 0 Å². The van der Waals surface area contributed by atoms with E-state index < -0.39 is 0 Å². The molecule has 1 aliphatic carbocycles. The summed E-state index contributed by atoms with van der Waals surface area (Å²) >= 11 is 0. The molecule has 0 radical (unpaired) electrons. The Balaban J connectivity index is 1.90. The van der Waals surface area contributed by atoms with Gasteiger partial charge in [0.1, 0.15) is 0 Å². The van der Waals surface area contributed by atoms with Crippen molar-refractivity contribution in [3.63, 3.8) is 0 Å². The first kappa shape index (κ1) is 10.4. The fourth-order valence-electron chi connectivity index (χ4n) is 2.78. The van der Waals surface area contributed by atoms with E-state index in [1.807, 2.05) is 0 Å². The molecule has 0 aromatic carbocycles. The Hall–Kier alpha value is -0.120. The molecule has 1 saturated carbocycles. The molecular formula is C11H21NO2. The van der Waals surface area contributed by atoms with E-state index in [2.05, 4.69) is 25.8 Å². The Bertz CT molecular complexity index is 221. The zero-order valence-corrected chi connectivity index (χ0v) is 9.42. The lowest BCUT2D eigenvalue weighted by molar-refractivity contribution is -0.0526. The van der Waals surface area contributed by atoms with Crippen molar-refractivity contribution in [3.8, 4) is 0 Å². The lowest BCUT2D eigenvalue weighted by Crippen LogP contribution is -2.53. The minimum Gasteiger partial charge on any atom is -0.396 e. The highest BCUT2D eigenvalue weighted by Gasteiger charge is 2.62. The van der Waals surface area contributed by atoms with Crippen LogP contribution in [0.3, 0.4) is 0 Å². The molecule has 2 aliphatic heterocycles. The first-order valence-electron chi connectivity index (χ1n) is 5.46. The molecule has 2 heterocycles. The molecule has 3 heteroatoms. The van der Waals surface area contributed by atoms with Crippen LogP contribution in [0.4, 0.5) is 0 Å². The second kappa shape index (κ2) is 3.19. The van der Waals surface area contributed by atoms with E-state index in [1.165, 1.54) is 0 Å². The lowest BCUT2D eigenvalue weighted by Gasteiger charge is -2.45. The molecule has 3 nitrogen and oxygen atoms in total. The summed E-state index contributed by atoms with van der Waals surface area (Å²) in [5, 5.41) is 9.23. The van der Waals surface area contributed by atoms with Crippen molar-refractivity contribution in [3.05, 3.63) is 0 Å². The van der Waals surface area contributed by atoms with Gasteiger partial charge in [0.25, 0.3) is 0 Å². The third-order valence-electron chi connectivity index (χ3n) is 3.83. The Morgan fingerprint density at radius 3 is 2.50 bits per heavy atom. The topological polar surface area (TPSA) is 32.7 Å². The van der Waals surface area contributed by atoms with Gasteiger partial charge in [-0.05, 0) is 33.7 Å². The van der Waals surface area contributed by atoms with Gasteiger partial charge in [0.2, 0.25) is 0 Å². The van der Waals surface area contributed by atoms with Crippen molar-refractivity contribution >= 4 is 0 Å². The van der Waals surface area contributed by atoms with Crippen LogP contribution in [-0.4, -0.2) is 48.5 Å². The maximum atomic E-state index is 9.23. The number of aliphatic hydroxyl groups excluding tert-OH is 1. The van der Waals surface area contributed by atoms with Crippen molar-refractivity contribution in [2.45, 2.75) is 38.3 Å². The first-order valence-corrected chi connectivity index (χ1v) is 5.46. The molecule has 0 spiro atoms. The second-order valence-electron chi connectivity index (χ2n) is 5.49. The van der Waals surface area contributed by atoms with Crippen molar-refractivity contribution < 1.29 is 9.84 Å². The molecule has 3 aliphatic rings. The standard InChI is InChI=1S/C11H21NO2/c1-9(2)12(3)6-11-4-10(5-11,7-13)8-14-11/h9,13H,4-8H2,1-3H3. The normalized spacial score (nSPS) is 40.7. The van der Waals surface area contributed by atoms with Gasteiger partial charge in [-0.25, -0.2) is 0 Å². The minimum absolute atomic E-state index is 0.0712. The first-order chi connectivity index (χ1) is 6.51. The quantitative estimate of drug-likeness (QED) is 0.729. The summed E-state index contributed by atoms with van der Waals surface area (Å²) in [7, 11) is 2.14. The number of hydrogen-bond donors (Lipinski definition) is 1. The Labute approximate surface area is 86.0 Å². The SMILES string of the molecule is CC(C)N(C)CC12CC(CO)(CO1)C2. The predicted molar refractivity (Wildman–Crippen MR) is 55.2 cm³/mol. The van der Waals surface area contributed by atoms with Gasteiger partial charge in [-0.1, -0.05) is 0 Å². The molecule has 0 aromatic heterocycles. The molecule has 2 bridgehead atoms. The molecule has 3 fully saturated rings. The fraction of sp³-hybridized carbons (Fsp3) is 1.00. The smallest absolute Gasteiger partial charge is 0.0823 e. The molecule has 0 amide bonds. The number of aliphatic hydroxyl groups is 1. The lowest BCUT2D eigenvalue weighted by atomic mass is 9.63. The summed E-state index contributed by atoms with van der Waals surface area (Å²) in [5.74, 6) is 0. The maximum absolute atomic E-state index is 9.23. The molecular weight excluding hydrogens is 178 g/mol. The van der Waals surface area contributed by atoms with Crippen LogP contribution in [0.1, 0.15) is 26.7 Å². The molecule has 82 valence electrons. The van der Waals surface area contributed by atoms with E-state index >= 15 is 0 Å². The van der Waals surface area contributed by atoms with Crippen LogP contribution >= 0.6 is 0 Å². The van der Waals surface area contributed by atoms with E-state index in [9.17, 15) is 5.11 Å². The van der Waals surface area contributed by atoms with Gasteiger partial charge in [-0.15, -0.1) is 0 Å². The largest absolute Gasteiger partial charge is 0.396 e. The number of fused-ring (bicyclic) bond motifs is 1. The molecule has 0 atom stereocenters. The van der Waals surface area contributed by atoms with Gasteiger partial charge < -0.3 is 14.7 Å². The molecule has 14 heavy (non-hydrogen) atoms. The van der Waals surface area contributed by atoms with Crippen LogP contribution in [-0.2, 0) is 4.74 Å². The monoisotopic (exact) mass is 199 g/mol. The van der Waals surface area contributed by atoms with Gasteiger partial charge in [-0.3, -0.25) is 0 Å². The van der Waals surface area contributed by atoms with Crippen molar-refractivity contribution in [2.24, 2.45) is 5.41 Å². The van der Waals surface area contributed by atoms with Crippen molar-refractivity contribution in [1.82, 2.24) is 4.90 Å². The van der Waals surface area contributed by atoms with Crippen LogP contribution in [0.5, 0.6) is 0 Å². The summed E-state index contributed by atoms with van der Waals surface area (Å²) < 4.78 is 5.83. The van der Waals surface area contributed by atoms with E-state index in [4.69, 9.17) is 4.74 Å². The number of rotatable bonds is 4. The number of ether oxygens (including phenoxy) is 1. The molecule has 1 N–H and O–H groups in total. The average Bonchev–Trinajstić information content (AvgIpc) is 2.59. The van der Waals surface area contributed by atoms with Gasteiger partial charge in [0.15, 0.2) is 0 Å². The summed E-state index contributed by atoms with van der Waals surface area (Å²) in [6.07, 6.45) is 2.10. The molecule has 3 rings (SSSR count). The summed E-state index contributed by atoms with van der Waals surface area (Å²) in [5.41, 5.74) is 0.194. The highest BCUT2D eigenvalue weighted by Crippen LogP contribution is 2.57. The van der Waals surface area contributed by atoms with Gasteiger partial charge in [0.05, 0.1) is 18.8 Å². The fourth-order valence-corrected chi connectivity index (χ4v) is 2.78. The van der Waals surface area contributed by atoms with Crippen LogP contribution < -0.4 is 0 Å². The Morgan fingerprint density at radius 1 is 1.43 bits per heavy atom. The second-order valence-corrected chi connectivity index (χ2v) is 5.49. The van der Waals surface area contributed by atoms with Gasteiger partial charge in [0, 0.05) is 18.0 Å². The highest BCUT2D eigenvalue weighted by molar-refractivity contribution is 5.12. The summed E-state index contributed by atoms with van der Waals surface area (Å²) in [6.45, 7) is 6.45. The van der Waals surface area contributed by atoms with Crippen molar-refractivity contribution in [2.75, 3.05) is 26.8 Å². The summed E-state index contributed by atoms with van der Waals surface area (Å²) in [4.78, 5) is 2.33. The van der Waals surface area contributed by atoms with E-state index in [1.54, 1.807) is 0 Å². The van der Waals surface area contributed by atoms with Crippen LogP contribution in [0, 0.1) is 5.41 Å². The average molecular weight is 199 g/mol. The zero-order chi connectivity index (χ0) is 10.4. The third-order valence-corrected chi connectivity index (χ3v) is 3.83. The molecule has 0 aromatic rings. The molecule has 0 unspecified atom stereocenters. The zero-order valence-electron chi connectivity index (χ0n) is 9.42. The van der Waals surface area contributed by atoms with E-state index in [0.29, 0.717) is 12.6 Å². The van der Waals surface area contributed by atoms with Crippen LogP contribution in [0.2, 0.25) is 0 Å². The molecule has 2 saturated heterocycles. The van der Waals surface area contributed by atoms with E-state index in [0.717, 1.165) is 26.0 Å². The highest BCUT2D eigenvalue weighted by atomic mass is 16.5. The Morgan fingerprint density at radius 2 is 2.07 bits per heavy atom. The minimum atomic E-state index is 0.0712. The van der Waals surface area contributed by atoms with Gasteiger partial charge in [-0.2, -0.15) is 0 Å². The third kappa shape index (κ3) is 1.47. The number of nitrogens with zero attached hydrogens (tertiary/aromatic N) is 1. The van der Waals surface area contributed by atoms with Crippen LogP contribution in [0.15, 0.2) is 0 Å².